The lowest BCUT2D eigenvalue weighted by Gasteiger charge is -2.15. The van der Waals surface area contributed by atoms with Crippen LogP contribution in [-0.2, 0) is 13.1 Å². The number of aromatic nitrogens is 2. The molecule has 1 heterocycles. The number of imidazole rings is 1. The molecule has 1 fully saturated rings. The van der Waals surface area contributed by atoms with Gasteiger partial charge in [-0.25, -0.2) is 4.98 Å². The van der Waals surface area contributed by atoms with Gasteiger partial charge in [-0.2, -0.15) is 0 Å². The van der Waals surface area contributed by atoms with Gasteiger partial charge in [-0.1, -0.05) is 20.8 Å². The second-order valence-corrected chi connectivity index (χ2v) is 5.39. The number of nitrogens with zero attached hydrogens (tertiary/aromatic N) is 2. The highest BCUT2D eigenvalue weighted by atomic mass is 15.1. The molecule has 1 aromatic heterocycles. The topological polar surface area (TPSA) is 29.9 Å². The van der Waals surface area contributed by atoms with Gasteiger partial charge in [-0.3, -0.25) is 0 Å². The summed E-state index contributed by atoms with van der Waals surface area (Å²) < 4.78 is 2.30. The third-order valence-electron chi connectivity index (χ3n) is 3.40. The summed E-state index contributed by atoms with van der Waals surface area (Å²) in [5.74, 6) is 1.76. The van der Waals surface area contributed by atoms with Crippen LogP contribution >= 0.6 is 0 Å². The minimum Gasteiger partial charge on any atom is -0.333 e. The summed E-state index contributed by atoms with van der Waals surface area (Å²) in [7, 11) is 0. The zero-order valence-electron chi connectivity index (χ0n) is 10.6. The van der Waals surface area contributed by atoms with Crippen molar-refractivity contribution >= 4 is 0 Å². The van der Waals surface area contributed by atoms with Crippen LogP contribution in [0, 0.1) is 11.8 Å². The molecule has 0 aromatic carbocycles. The van der Waals surface area contributed by atoms with Crippen LogP contribution in [0.3, 0.4) is 0 Å². The average molecular weight is 221 g/mol. The lowest BCUT2D eigenvalue weighted by Crippen LogP contribution is -2.24. The molecule has 0 amide bonds. The lowest BCUT2D eigenvalue weighted by molar-refractivity contribution is 0.418. The molecule has 90 valence electrons. The molecule has 1 saturated carbocycles. The number of hydrogen-bond acceptors (Lipinski definition) is 2. The highest BCUT2D eigenvalue weighted by Gasteiger charge is 2.28. The van der Waals surface area contributed by atoms with Gasteiger partial charge in [-0.15, -0.1) is 0 Å². The van der Waals surface area contributed by atoms with E-state index in [-0.39, 0.29) is 0 Å². The quantitative estimate of drug-likeness (QED) is 0.799. The molecule has 1 N–H and O–H groups in total. The van der Waals surface area contributed by atoms with E-state index in [1.807, 2.05) is 12.5 Å². The molecule has 1 atom stereocenters. The van der Waals surface area contributed by atoms with Crippen LogP contribution in [-0.4, -0.2) is 15.6 Å². The van der Waals surface area contributed by atoms with Crippen molar-refractivity contribution in [1.29, 1.82) is 0 Å². The van der Waals surface area contributed by atoms with Gasteiger partial charge in [0.1, 0.15) is 0 Å². The predicted molar refractivity (Wildman–Crippen MR) is 66.1 cm³/mol. The molecule has 0 bridgehead atoms. The summed E-state index contributed by atoms with van der Waals surface area (Å²) in [5, 5.41) is 3.45. The van der Waals surface area contributed by atoms with Crippen molar-refractivity contribution in [2.75, 3.05) is 0 Å². The van der Waals surface area contributed by atoms with Crippen LogP contribution in [0.15, 0.2) is 12.5 Å². The summed E-state index contributed by atoms with van der Waals surface area (Å²) in [4.78, 5) is 4.26. The summed E-state index contributed by atoms with van der Waals surface area (Å²) >= 11 is 0. The first-order valence-corrected chi connectivity index (χ1v) is 6.39. The average Bonchev–Trinajstić information content (AvgIpc) is 2.99. The van der Waals surface area contributed by atoms with Crippen LogP contribution < -0.4 is 5.32 Å². The molecule has 0 radical (unpaired) electrons. The van der Waals surface area contributed by atoms with Gasteiger partial charge in [0.25, 0.3) is 0 Å². The van der Waals surface area contributed by atoms with Crippen LogP contribution in [0.2, 0.25) is 0 Å². The standard InChI is InChI=1S/C13H23N3/c1-10(2)15-7-13-6-14-9-16(13)8-11(3)12-4-5-12/h6,9-12,15H,4-5,7-8H2,1-3H3. The summed E-state index contributed by atoms with van der Waals surface area (Å²) in [6.07, 6.45) is 6.80. The maximum atomic E-state index is 4.26. The number of hydrogen-bond donors (Lipinski definition) is 1. The SMILES string of the molecule is CC(C)NCc1cncn1CC(C)C1CC1. The first kappa shape index (κ1) is 11.6. The molecule has 0 saturated heterocycles. The molecule has 1 aromatic rings. The molecule has 1 aliphatic rings. The minimum atomic E-state index is 0.532. The van der Waals surface area contributed by atoms with Gasteiger partial charge in [-0.05, 0) is 24.7 Å². The molecule has 3 heteroatoms. The van der Waals surface area contributed by atoms with Crippen molar-refractivity contribution in [1.82, 2.24) is 14.9 Å². The summed E-state index contributed by atoms with van der Waals surface area (Å²) in [6.45, 7) is 8.76. The fourth-order valence-corrected chi connectivity index (χ4v) is 2.09. The van der Waals surface area contributed by atoms with E-state index in [9.17, 15) is 0 Å². The van der Waals surface area contributed by atoms with Crippen LogP contribution in [0.5, 0.6) is 0 Å². The zero-order chi connectivity index (χ0) is 11.5. The molecule has 0 spiro atoms. The van der Waals surface area contributed by atoms with Gasteiger partial charge in [0.05, 0.1) is 12.0 Å². The van der Waals surface area contributed by atoms with Gasteiger partial charge >= 0.3 is 0 Å². The summed E-state index contributed by atoms with van der Waals surface area (Å²) in [5.41, 5.74) is 1.31. The van der Waals surface area contributed by atoms with E-state index in [4.69, 9.17) is 0 Å². The Morgan fingerprint density at radius 3 is 2.81 bits per heavy atom. The van der Waals surface area contributed by atoms with E-state index < -0.39 is 0 Å². The molecule has 1 unspecified atom stereocenters. The maximum Gasteiger partial charge on any atom is 0.0948 e. The van der Waals surface area contributed by atoms with Crippen molar-refractivity contribution in [2.45, 2.75) is 52.7 Å². The fourth-order valence-electron chi connectivity index (χ4n) is 2.09. The second-order valence-electron chi connectivity index (χ2n) is 5.39. The Morgan fingerprint density at radius 2 is 2.19 bits per heavy atom. The van der Waals surface area contributed by atoms with E-state index in [0.29, 0.717) is 6.04 Å². The molecule has 1 aliphatic carbocycles. The third kappa shape index (κ3) is 3.08. The smallest absolute Gasteiger partial charge is 0.0948 e. The lowest BCUT2D eigenvalue weighted by atomic mass is 10.1. The van der Waals surface area contributed by atoms with Gasteiger partial charge in [0.2, 0.25) is 0 Å². The largest absolute Gasteiger partial charge is 0.333 e. The number of nitrogens with one attached hydrogen (secondary N) is 1. The van der Waals surface area contributed by atoms with E-state index in [2.05, 4.69) is 35.6 Å². The normalized spacial score (nSPS) is 18.0. The van der Waals surface area contributed by atoms with E-state index in [1.54, 1.807) is 0 Å². The molecule has 2 rings (SSSR count). The summed E-state index contributed by atoms with van der Waals surface area (Å²) in [6, 6.07) is 0.532. The Morgan fingerprint density at radius 1 is 1.44 bits per heavy atom. The second kappa shape index (κ2) is 5.00. The molecular formula is C13H23N3. The first-order valence-electron chi connectivity index (χ1n) is 6.39. The van der Waals surface area contributed by atoms with Crippen molar-refractivity contribution in [3.05, 3.63) is 18.2 Å². The number of rotatable bonds is 6. The Bertz CT molecular complexity index is 326. The minimum absolute atomic E-state index is 0.532. The Hall–Kier alpha value is -0.830. The van der Waals surface area contributed by atoms with E-state index in [1.165, 1.54) is 18.5 Å². The van der Waals surface area contributed by atoms with Crippen molar-refractivity contribution in [2.24, 2.45) is 11.8 Å². The van der Waals surface area contributed by atoms with Crippen molar-refractivity contribution in [3.63, 3.8) is 0 Å². The van der Waals surface area contributed by atoms with Gasteiger partial charge in [0, 0.05) is 25.3 Å². The van der Waals surface area contributed by atoms with Gasteiger partial charge in [0.15, 0.2) is 0 Å². The monoisotopic (exact) mass is 221 g/mol. The van der Waals surface area contributed by atoms with Crippen LogP contribution in [0.25, 0.3) is 0 Å². The Balaban J connectivity index is 1.90. The molecule has 16 heavy (non-hydrogen) atoms. The van der Waals surface area contributed by atoms with Crippen molar-refractivity contribution < 1.29 is 0 Å². The molecular weight excluding hydrogens is 198 g/mol. The van der Waals surface area contributed by atoms with Gasteiger partial charge < -0.3 is 9.88 Å². The third-order valence-corrected chi connectivity index (χ3v) is 3.40. The Kier molecular flexibility index (Phi) is 3.64. The van der Waals surface area contributed by atoms with Crippen LogP contribution in [0.4, 0.5) is 0 Å². The zero-order valence-corrected chi connectivity index (χ0v) is 10.6. The van der Waals surface area contributed by atoms with E-state index >= 15 is 0 Å². The Labute approximate surface area is 98.3 Å². The molecule has 0 aliphatic heterocycles. The maximum absolute atomic E-state index is 4.26. The highest BCUT2D eigenvalue weighted by Crippen LogP contribution is 2.37. The van der Waals surface area contributed by atoms with Crippen LogP contribution in [0.1, 0.15) is 39.3 Å². The highest BCUT2D eigenvalue weighted by molar-refractivity contribution is 4.99. The fraction of sp³-hybridized carbons (Fsp3) is 0.769. The van der Waals surface area contributed by atoms with E-state index in [0.717, 1.165) is 24.9 Å². The first-order chi connectivity index (χ1) is 7.66. The molecule has 3 nitrogen and oxygen atoms in total. The van der Waals surface area contributed by atoms with Crippen molar-refractivity contribution in [3.8, 4) is 0 Å². The predicted octanol–water partition coefficient (Wildman–Crippen LogP) is 2.43.